The fourth-order valence-corrected chi connectivity index (χ4v) is 5.76. The molecule has 0 aromatic heterocycles. The number of amides is 1. The summed E-state index contributed by atoms with van der Waals surface area (Å²) in [6, 6.07) is 5.24. The smallest absolute Gasteiger partial charge is 0.243 e. The first-order valence-electron chi connectivity index (χ1n) is 9.98. The zero-order valence-corrected chi connectivity index (χ0v) is 17.9. The van der Waals surface area contributed by atoms with E-state index in [1.54, 1.807) is 41.4 Å². The van der Waals surface area contributed by atoms with Crippen molar-refractivity contribution in [1.29, 1.82) is 0 Å². The molecular formula is C20H31N3O4S. The van der Waals surface area contributed by atoms with Crippen LogP contribution in [0.2, 0.25) is 0 Å². The summed E-state index contributed by atoms with van der Waals surface area (Å²) < 4.78 is 33.1. The van der Waals surface area contributed by atoms with Crippen LogP contribution >= 0.6 is 0 Å². The van der Waals surface area contributed by atoms with E-state index < -0.39 is 10.0 Å². The van der Waals surface area contributed by atoms with Crippen molar-refractivity contribution >= 4 is 21.6 Å². The highest BCUT2D eigenvalue weighted by molar-refractivity contribution is 7.89. The lowest BCUT2D eigenvalue weighted by atomic mass is 10.1. The molecule has 1 saturated heterocycles. The van der Waals surface area contributed by atoms with E-state index in [1.165, 1.54) is 0 Å². The third-order valence-electron chi connectivity index (χ3n) is 5.61. The molecule has 0 saturated carbocycles. The van der Waals surface area contributed by atoms with Gasteiger partial charge in [-0.2, -0.15) is 4.31 Å². The molecule has 1 aromatic carbocycles. The number of hydrogen-bond acceptors (Lipinski definition) is 5. The molecule has 3 rings (SSSR count). The van der Waals surface area contributed by atoms with Crippen molar-refractivity contribution in [1.82, 2.24) is 9.21 Å². The number of rotatable bonds is 6. The topological polar surface area (TPSA) is 70.2 Å². The van der Waals surface area contributed by atoms with Crippen LogP contribution < -0.4 is 4.90 Å². The van der Waals surface area contributed by atoms with Crippen molar-refractivity contribution in [2.45, 2.75) is 44.0 Å². The van der Waals surface area contributed by atoms with Gasteiger partial charge in [0.1, 0.15) is 0 Å². The van der Waals surface area contributed by atoms with Gasteiger partial charge in [0, 0.05) is 58.5 Å². The third kappa shape index (κ3) is 4.40. The van der Waals surface area contributed by atoms with Crippen LogP contribution in [-0.4, -0.2) is 76.0 Å². The second kappa shape index (κ2) is 8.90. The van der Waals surface area contributed by atoms with Gasteiger partial charge in [0.05, 0.1) is 4.90 Å². The minimum Gasteiger partial charge on any atom is -0.385 e. The Labute approximate surface area is 168 Å². The maximum absolute atomic E-state index is 13.2. The summed E-state index contributed by atoms with van der Waals surface area (Å²) in [4.78, 5) is 16.3. The Balaban J connectivity index is 1.73. The third-order valence-corrected chi connectivity index (χ3v) is 7.51. The molecule has 2 aliphatic heterocycles. The molecule has 1 amide bonds. The highest BCUT2D eigenvalue weighted by Crippen LogP contribution is 2.34. The van der Waals surface area contributed by atoms with Crippen molar-refractivity contribution in [3.05, 3.63) is 23.8 Å². The van der Waals surface area contributed by atoms with Crippen LogP contribution in [0.5, 0.6) is 0 Å². The van der Waals surface area contributed by atoms with Crippen molar-refractivity contribution in [3.63, 3.8) is 0 Å². The highest BCUT2D eigenvalue weighted by atomic mass is 32.2. The summed E-state index contributed by atoms with van der Waals surface area (Å²) in [5.74, 6) is -0.0112. The molecule has 8 heteroatoms. The van der Waals surface area contributed by atoms with Crippen LogP contribution in [0.25, 0.3) is 0 Å². The number of fused-ring (bicyclic) bond motifs is 1. The first kappa shape index (κ1) is 21.2. The zero-order chi connectivity index (χ0) is 20.3. The van der Waals surface area contributed by atoms with Gasteiger partial charge in [-0.25, -0.2) is 8.42 Å². The quantitative estimate of drug-likeness (QED) is 0.669. The van der Waals surface area contributed by atoms with Crippen LogP contribution in [0.15, 0.2) is 23.1 Å². The van der Waals surface area contributed by atoms with Gasteiger partial charge >= 0.3 is 0 Å². The maximum Gasteiger partial charge on any atom is 0.243 e. The predicted octanol–water partition coefficient (Wildman–Crippen LogP) is 1.72. The van der Waals surface area contributed by atoms with Crippen LogP contribution in [0, 0.1) is 0 Å². The van der Waals surface area contributed by atoms with Gasteiger partial charge < -0.3 is 14.5 Å². The second-order valence-corrected chi connectivity index (χ2v) is 9.62. The number of benzene rings is 1. The average molecular weight is 410 g/mol. The molecule has 7 nitrogen and oxygen atoms in total. The molecule has 0 aliphatic carbocycles. The van der Waals surface area contributed by atoms with E-state index in [0.717, 1.165) is 50.3 Å². The Hall–Kier alpha value is -1.48. The Kier molecular flexibility index (Phi) is 6.75. The number of carbonyl (C=O) groups excluding carboxylic acids is 1. The first-order chi connectivity index (χ1) is 13.3. The number of sulfonamides is 1. The fourth-order valence-electron chi connectivity index (χ4n) is 4.24. The average Bonchev–Trinajstić information content (AvgIpc) is 2.81. The number of carbonyl (C=O) groups is 1. The molecule has 1 fully saturated rings. The maximum atomic E-state index is 13.2. The van der Waals surface area contributed by atoms with E-state index in [-0.39, 0.29) is 11.9 Å². The summed E-state index contributed by atoms with van der Waals surface area (Å²) in [5, 5.41) is 0. The van der Waals surface area contributed by atoms with Crippen molar-refractivity contribution in [2.75, 3.05) is 51.3 Å². The van der Waals surface area contributed by atoms with Crippen LogP contribution in [0.1, 0.15) is 32.3 Å². The molecule has 0 bridgehead atoms. The minimum atomic E-state index is -3.53. The van der Waals surface area contributed by atoms with Gasteiger partial charge in [-0.1, -0.05) is 0 Å². The van der Waals surface area contributed by atoms with Gasteiger partial charge in [-0.3, -0.25) is 4.79 Å². The standard InChI is InChI=1S/C20H31N3O4S/c1-16-14-18-15-19(6-7-20(18)23(16)17(2)24)28(25,26)22-10-4-8-21(11-12-22)9-5-13-27-3/h6-7,15-16H,4-5,8-14H2,1-3H3. The van der Waals surface area contributed by atoms with Crippen LogP contribution in [0.4, 0.5) is 5.69 Å². The number of anilines is 1. The minimum absolute atomic E-state index is 0.0112. The Morgan fingerprint density at radius 1 is 1.21 bits per heavy atom. The lowest BCUT2D eigenvalue weighted by molar-refractivity contribution is -0.116. The Morgan fingerprint density at radius 3 is 2.71 bits per heavy atom. The van der Waals surface area contributed by atoms with Crippen molar-refractivity contribution in [2.24, 2.45) is 0 Å². The Bertz CT molecular complexity index is 812. The largest absolute Gasteiger partial charge is 0.385 e. The molecule has 28 heavy (non-hydrogen) atoms. The monoisotopic (exact) mass is 409 g/mol. The van der Waals surface area contributed by atoms with Crippen molar-refractivity contribution in [3.8, 4) is 0 Å². The van der Waals surface area contributed by atoms with E-state index in [2.05, 4.69) is 4.90 Å². The zero-order valence-electron chi connectivity index (χ0n) is 17.1. The summed E-state index contributed by atoms with van der Waals surface area (Å²) in [6.07, 6.45) is 2.47. The molecule has 156 valence electrons. The van der Waals surface area contributed by atoms with Crippen LogP contribution in [-0.2, 0) is 26.0 Å². The predicted molar refractivity (Wildman–Crippen MR) is 109 cm³/mol. The van der Waals surface area contributed by atoms with Gasteiger partial charge in [-0.15, -0.1) is 0 Å². The molecule has 0 radical (unpaired) electrons. The Morgan fingerprint density at radius 2 is 2.00 bits per heavy atom. The van der Waals surface area contributed by atoms with Crippen LogP contribution in [0.3, 0.4) is 0 Å². The second-order valence-electron chi connectivity index (χ2n) is 7.68. The number of nitrogens with zero attached hydrogens (tertiary/aromatic N) is 3. The summed E-state index contributed by atoms with van der Waals surface area (Å²) in [6.45, 7) is 7.88. The molecule has 0 spiro atoms. The normalized spacial score (nSPS) is 21.5. The van der Waals surface area contributed by atoms with E-state index in [4.69, 9.17) is 4.74 Å². The lowest BCUT2D eigenvalue weighted by Crippen LogP contribution is -2.35. The van der Waals surface area contributed by atoms with E-state index in [1.807, 2.05) is 6.92 Å². The fraction of sp³-hybridized carbons (Fsp3) is 0.650. The number of ether oxygens (including phenoxy) is 1. The molecule has 1 atom stereocenters. The lowest BCUT2D eigenvalue weighted by Gasteiger charge is -2.22. The summed E-state index contributed by atoms with van der Waals surface area (Å²) >= 11 is 0. The summed E-state index contributed by atoms with van der Waals surface area (Å²) in [5.41, 5.74) is 1.76. The van der Waals surface area contributed by atoms with E-state index in [0.29, 0.717) is 24.4 Å². The molecule has 2 heterocycles. The van der Waals surface area contributed by atoms with Crippen molar-refractivity contribution < 1.29 is 17.9 Å². The number of hydrogen-bond donors (Lipinski definition) is 0. The van der Waals surface area contributed by atoms with E-state index >= 15 is 0 Å². The molecule has 0 N–H and O–H groups in total. The molecule has 1 aromatic rings. The van der Waals surface area contributed by atoms with Gasteiger partial charge in [-0.05, 0) is 56.5 Å². The molecule has 2 aliphatic rings. The number of methoxy groups -OCH3 is 1. The van der Waals surface area contributed by atoms with Gasteiger partial charge in [0.2, 0.25) is 15.9 Å². The highest BCUT2D eigenvalue weighted by Gasteiger charge is 2.32. The van der Waals surface area contributed by atoms with Gasteiger partial charge in [0.25, 0.3) is 0 Å². The van der Waals surface area contributed by atoms with Gasteiger partial charge in [0.15, 0.2) is 0 Å². The summed E-state index contributed by atoms with van der Waals surface area (Å²) in [7, 11) is -1.83. The molecule has 1 unspecified atom stereocenters. The first-order valence-corrected chi connectivity index (χ1v) is 11.4. The SMILES string of the molecule is COCCCN1CCCN(S(=O)(=O)c2ccc3c(c2)CC(C)N3C(C)=O)CC1. The van der Waals surface area contributed by atoms with E-state index in [9.17, 15) is 13.2 Å². The molecular weight excluding hydrogens is 378 g/mol.